The van der Waals surface area contributed by atoms with Gasteiger partial charge in [-0.2, -0.15) is 13.2 Å². The number of thiazole rings is 1. The van der Waals surface area contributed by atoms with Crippen molar-refractivity contribution in [2.45, 2.75) is 12.7 Å². The van der Waals surface area contributed by atoms with Gasteiger partial charge in [0.1, 0.15) is 0 Å². The number of alkyl halides is 3. The molecule has 0 saturated carbocycles. The Hall–Kier alpha value is -1.56. The van der Waals surface area contributed by atoms with E-state index >= 15 is 0 Å². The number of hydrogen-bond acceptors (Lipinski definition) is 3. The summed E-state index contributed by atoms with van der Waals surface area (Å²) >= 11 is 1.50. The Balaban J connectivity index is 1.99. The predicted molar refractivity (Wildman–Crippen MR) is 60.9 cm³/mol. The second kappa shape index (κ2) is 4.75. The van der Waals surface area contributed by atoms with Gasteiger partial charge in [0.2, 0.25) is 0 Å². The molecule has 0 fully saturated rings. The molecule has 90 valence electrons. The first-order chi connectivity index (χ1) is 8.05. The van der Waals surface area contributed by atoms with E-state index in [1.54, 1.807) is 11.7 Å². The normalized spacial score (nSPS) is 11.5. The maximum Gasteiger partial charge on any atom is 0.416 e. The molecule has 0 amide bonds. The van der Waals surface area contributed by atoms with Gasteiger partial charge in [0.25, 0.3) is 0 Å². The highest BCUT2D eigenvalue weighted by Gasteiger charge is 2.29. The minimum absolute atomic E-state index is 0.566. The molecule has 1 heterocycles. The first-order valence-corrected chi connectivity index (χ1v) is 5.72. The van der Waals surface area contributed by atoms with Gasteiger partial charge in [-0.15, -0.1) is 11.3 Å². The first-order valence-electron chi connectivity index (χ1n) is 4.84. The molecule has 0 radical (unpaired) electrons. The van der Waals surface area contributed by atoms with Crippen LogP contribution in [0.15, 0.2) is 36.0 Å². The van der Waals surface area contributed by atoms with E-state index in [1.807, 2.05) is 0 Å². The second-order valence-corrected chi connectivity index (χ2v) is 4.37. The Morgan fingerprint density at radius 1 is 1.18 bits per heavy atom. The van der Waals surface area contributed by atoms with Crippen molar-refractivity contribution in [1.29, 1.82) is 0 Å². The number of nitrogens with one attached hydrogen (secondary N) is 1. The van der Waals surface area contributed by atoms with Gasteiger partial charge in [0.15, 0.2) is 0 Å². The second-order valence-electron chi connectivity index (χ2n) is 3.40. The number of rotatable bonds is 3. The topological polar surface area (TPSA) is 24.9 Å². The maximum atomic E-state index is 12.3. The standard InChI is InChI=1S/C11H9F3N2S/c12-11(13,14)8-1-3-9(4-2-8)16-6-10-5-15-7-17-10/h1-5,7,16H,6H2. The van der Waals surface area contributed by atoms with E-state index in [0.717, 1.165) is 17.0 Å². The quantitative estimate of drug-likeness (QED) is 0.906. The van der Waals surface area contributed by atoms with Crippen LogP contribution >= 0.6 is 11.3 Å². The molecule has 17 heavy (non-hydrogen) atoms. The Labute approximate surface area is 100 Å². The molecule has 0 aliphatic heterocycles. The van der Waals surface area contributed by atoms with E-state index in [1.165, 1.54) is 23.5 Å². The van der Waals surface area contributed by atoms with Gasteiger partial charge in [0, 0.05) is 16.8 Å². The van der Waals surface area contributed by atoms with Gasteiger partial charge in [0.05, 0.1) is 17.6 Å². The lowest BCUT2D eigenvalue weighted by Crippen LogP contribution is -2.05. The predicted octanol–water partition coefficient (Wildman–Crippen LogP) is 3.77. The van der Waals surface area contributed by atoms with E-state index < -0.39 is 11.7 Å². The van der Waals surface area contributed by atoms with E-state index in [0.29, 0.717) is 12.2 Å². The molecule has 1 aromatic heterocycles. The van der Waals surface area contributed by atoms with E-state index in [9.17, 15) is 13.2 Å². The van der Waals surface area contributed by atoms with Crippen LogP contribution in [0, 0.1) is 0 Å². The summed E-state index contributed by atoms with van der Waals surface area (Å²) in [6.07, 6.45) is -2.56. The Bertz CT molecular complexity index is 462. The summed E-state index contributed by atoms with van der Waals surface area (Å²) in [5.41, 5.74) is 1.73. The van der Waals surface area contributed by atoms with Crippen LogP contribution in [0.5, 0.6) is 0 Å². The summed E-state index contributed by atoms with van der Waals surface area (Å²) in [6.45, 7) is 0.566. The van der Waals surface area contributed by atoms with Crippen molar-refractivity contribution >= 4 is 17.0 Å². The fourth-order valence-corrected chi connectivity index (χ4v) is 1.83. The molecular formula is C11H9F3N2S. The fraction of sp³-hybridized carbons (Fsp3) is 0.182. The summed E-state index contributed by atoms with van der Waals surface area (Å²) in [5.74, 6) is 0. The zero-order chi connectivity index (χ0) is 12.3. The van der Waals surface area contributed by atoms with Gasteiger partial charge in [-0.25, -0.2) is 0 Å². The molecule has 0 aliphatic carbocycles. The average Bonchev–Trinajstić information content (AvgIpc) is 2.78. The molecule has 6 heteroatoms. The summed E-state index contributed by atoms with van der Waals surface area (Å²) in [6, 6.07) is 4.97. The van der Waals surface area contributed by atoms with Crippen molar-refractivity contribution < 1.29 is 13.2 Å². The Morgan fingerprint density at radius 3 is 2.41 bits per heavy atom. The molecule has 2 nitrogen and oxygen atoms in total. The maximum absolute atomic E-state index is 12.3. The molecule has 0 aliphatic rings. The highest BCUT2D eigenvalue weighted by Crippen LogP contribution is 2.29. The van der Waals surface area contributed by atoms with E-state index in [2.05, 4.69) is 10.3 Å². The van der Waals surface area contributed by atoms with Crippen molar-refractivity contribution in [2.24, 2.45) is 0 Å². The van der Waals surface area contributed by atoms with Crippen LogP contribution < -0.4 is 5.32 Å². The van der Waals surface area contributed by atoms with Gasteiger partial charge in [-0.1, -0.05) is 0 Å². The average molecular weight is 258 g/mol. The van der Waals surface area contributed by atoms with Gasteiger partial charge >= 0.3 is 6.18 Å². The molecule has 2 rings (SSSR count). The van der Waals surface area contributed by atoms with Crippen molar-refractivity contribution in [3.05, 3.63) is 46.4 Å². The third kappa shape index (κ3) is 3.20. The van der Waals surface area contributed by atoms with Crippen molar-refractivity contribution in [3.63, 3.8) is 0 Å². The highest BCUT2D eigenvalue weighted by molar-refractivity contribution is 7.09. The largest absolute Gasteiger partial charge is 0.416 e. The van der Waals surface area contributed by atoms with Crippen LogP contribution in [0.2, 0.25) is 0 Å². The van der Waals surface area contributed by atoms with Crippen LogP contribution in [0.4, 0.5) is 18.9 Å². The monoisotopic (exact) mass is 258 g/mol. The third-order valence-corrected chi connectivity index (χ3v) is 2.94. The fourth-order valence-electron chi connectivity index (χ4n) is 1.30. The van der Waals surface area contributed by atoms with Crippen LogP contribution in [-0.4, -0.2) is 4.98 Å². The molecule has 0 spiro atoms. The lowest BCUT2D eigenvalue weighted by Gasteiger charge is -2.08. The van der Waals surface area contributed by atoms with E-state index in [4.69, 9.17) is 0 Å². The summed E-state index contributed by atoms with van der Waals surface area (Å²) in [7, 11) is 0. The van der Waals surface area contributed by atoms with Crippen molar-refractivity contribution in [1.82, 2.24) is 4.98 Å². The number of anilines is 1. The van der Waals surface area contributed by atoms with Crippen LogP contribution in [0.3, 0.4) is 0 Å². The number of nitrogens with zero attached hydrogens (tertiary/aromatic N) is 1. The Kier molecular flexibility index (Phi) is 3.33. The highest BCUT2D eigenvalue weighted by atomic mass is 32.1. The summed E-state index contributed by atoms with van der Waals surface area (Å²) in [5, 5.41) is 3.03. The molecule has 0 saturated heterocycles. The van der Waals surface area contributed by atoms with Crippen molar-refractivity contribution in [2.75, 3.05) is 5.32 Å². The minimum atomic E-state index is -4.28. The molecule has 0 unspecified atom stereocenters. The number of benzene rings is 1. The zero-order valence-corrected chi connectivity index (χ0v) is 9.48. The molecule has 0 bridgehead atoms. The third-order valence-electron chi connectivity index (χ3n) is 2.16. The van der Waals surface area contributed by atoms with Crippen molar-refractivity contribution in [3.8, 4) is 0 Å². The van der Waals surface area contributed by atoms with Crippen LogP contribution in [0.25, 0.3) is 0 Å². The van der Waals surface area contributed by atoms with Gasteiger partial charge in [-0.3, -0.25) is 4.98 Å². The summed E-state index contributed by atoms with van der Waals surface area (Å²) < 4.78 is 36.9. The molecule has 0 atom stereocenters. The van der Waals surface area contributed by atoms with Crippen LogP contribution in [-0.2, 0) is 12.7 Å². The lowest BCUT2D eigenvalue weighted by molar-refractivity contribution is -0.137. The SMILES string of the molecule is FC(F)(F)c1ccc(NCc2cncs2)cc1. The number of halogens is 3. The minimum Gasteiger partial charge on any atom is -0.380 e. The van der Waals surface area contributed by atoms with Gasteiger partial charge < -0.3 is 5.32 Å². The first kappa shape index (κ1) is 11.9. The molecule has 1 N–H and O–H groups in total. The van der Waals surface area contributed by atoms with Crippen LogP contribution in [0.1, 0.15) is 10.4 Å². The molecule has 2 aromatic rings. The number of aromatic nitrogens is 1. The Morgan fingerprint density at radius 2 is 1.88 bits per heavy atom. The smallest absolute Gasteiger partial charge is 0.380 e. The lowest BCUT2D eigenvalue weighted by atomic mass is 10.2. The molecular weight excluding hydrogens is 249 g/mol. The van der Waals surface area contributed by atoms with Gasteiger partial charge in [-0.05, 0) is 24.3 Å². The molecule has 1 aromatic carbocycles. The number of hydrogen-bond donors (Lipinski definition) is 1. The summed E-state index contributed by atoms with van der Waals surface area (Å²) in [4.78, 5) is 4.94. The van der Waals surface area contributed by atoms with E-state index in [-0.39, 0.29) is 0 Å². The zero-order valence-electron chi connectivity index (χ0n) is 8.66.